The van der Waals surface area contributed by atoms with Crippen molar-refractivity contribution in [1.29, 1.82) is 0 Å². The lowest BCUT2D eigenvalue weighted by atomic mass is 10.0. The van der Waals surface area contributed by atoms with Gasteiger partial charge in [-0.15, -0.1) is 12.4 Å². The van der Waals surface area contributed by atoms with Gasteiger partial charge in [-0.2, -0.15) is 5.10 Å². The van der Waals surface area contributed by atoms with E-state index < -0.39 is 38.1 Å². The minimum absolute atomic E-state index is 0. The number of rotatable bonds is 11. The molecular weight excluding hydrogens is 542 g/mol. The van der Waals surface area contributed by atoms with E-state index in [1.54, 1.807) is 18.2 Å². The van der Waals surface area contributed by atoms with Gasteiger partial charge in [0.1, 0.15) is 18.1 Å². The molecular formula is C23H22ClN5O8S. The summed E-state index contributed by atoms with van der Waals surface area (Å²) in [6.07, 6.45) is 2.95. The first-order valence-corrected chi connectivity index (χ1v) is 12.3. The lowest BCUT2D eigenvalue weighted by molar-refractivity contribution is -0.387. The summed E-state index contributed by atoms with van der Waals surface area (Å²) in [4.78, 5) is 25.2. The number of nitrogens with one attached hydrogen (secondary N) is 2. The Hall–Kier alpha value is -4.11. The second-order valence-corrected chi connectivity index (χ2v) is 9.61. The number of aromatic hydroxyl groups is 1. The highest BCUT2D eigenvalue weighted by Gasteiger charge is 2.29. The number of nitro groups is 1. The molecule has 2 heterocycles. The molecule has 15 heteroatoms. The molecule has 4 aromatic rings. The Morgan fingerprint density at radius 3 is 2.66 bits per heavy atom. The Kier molecular flexibility index (Phi) is 8.96. The highest BCUT2D eigenvalue weighted by Crippen LogP contribution is 2.38. The van der Waals surface area contributed by atoms with Gasteiger partial charge < -0.3 is 14.9 Å². The van der Waals surface area contributed by atoms with Crippen LogP contribution in [-0.2, 0) is 19.6 Å². The van der Waals surface area contributed by atoms with Gasteiger partial charge in [-0.1, -0.05) is 12.1 Å². The Morgan fingerprint density at radius 2 is 1.95 bits per heavy atom. The maximum Gasteiger partial charge on any atom is 0.329 e. The zero-order valence-corrected chi connectivity index (χ0v) is 21.2. The van der Waals surface area contributed by atoms with E-state index in [2.05, 4.69) is 19.9 Å². The van der Waals surface area contributed by atoms with E-state index in [1.165, 1.54) is 30.6 Å². The van der Waals surface area contributed by atoms with Crippen molar-refractivity contribution in [2.75, 3.05) is 19.8 Å². The van der Waals surface area contributed by atoms with Crippen LogP contribution in [-0.4, -0.2) is 64.5 Å². The number of hydrogen-bond donors (Lipinski definition) is 4. The number of H-pyrrole nitrogens is 1. The summed E-state index contributed by atoms with van der Waals surface area (Å²) in [7, 11) is -4.28. The summed E-state index contributed by atoms with van der Waals surface area (Å²) < 4.78 is 33.0. The number of carbonyl (C=O) groups is 1. The van der Waals surface area contributed by atoms with Gasteiger partial charge in [0.25, 0.3) is 5.69 Å². The van der Waals surface area contributed by atoms with Crippen LogP contribution >= 0.6 is 12.4 Å². The zero-order chi connectivity index (χ0) is 26.6. The predicted octanol–water partition coefficient (Wildman–Crippen LogP) is 3.10. The van der Waals surface area contributed by atoms with E-state index in [-0.39, 0.29) is 43.3 Å². The van der Waals surface area contributed by atoms with Gasteiger partial charge in [0.2, 0.25) is 10.0 Å². The standard InChI is InChI=1S/C23H21N5O8S.ClH/c29-16-9-15(11-24-12-16)22-18-10-14(5-6-19(18)26-27-22)17-3-1-4-20(23(17)28(32)33)37(34,35)25-7-2-8-36-13-21(30)31;/h1,3-6,9-12,25,29H,2,7-8,13H2,(H,26,27)(H,30,31);1H. The van der Waals surface area contributed by atoms with E-state index in [0.29, 0.717) is 27.7 Å². The van der Waals surface area contributed by atoms with Crippen LogP contribution in [0.15, 0.2) is 59.8 Å². The highest BCUT2D eigenvalue weighted by atomic mass is 35.5. The smallest absolute Gasteiger partial charge is 0.329 e. The molecule has 0 aliphatic carbocycles. The predicted molar refractivity (Wildman–Crippen MR) is 139 cm³/mol. The molecule has 38 heavy (non-hydrogen) atoms. The maximum absolute atomic E-state index is 12.9. The first kappa shape index (κ1) is 28.5. The first-order valence-electron chi connectivity index (χ1n) is 10.9. The molecule has 0 aliphatic heterocycles. The number of sulfonamides is 1. The van der Waals surface area contributed by atoms with Gasteiger partial charge in [0.15, 0.2) is 4.90 Å². The van der Waals surface area contributed by atoms with Gasteiger partial charge >= 0.3 is 5.97 Å². The van der Waals surface area contributed by atoms with Crippen LogP contribution in [0.1, 0.15) is 6.42 Å². The summed E-state index contributed by atoms with van der Waals surface area (Å²) in [6.45, 7) is -0.616. The molecule has 0 spiro atoms. The number of ether oxygens (including phenoxy) is 1. The number of para-hydroxylation sites is 1. The number of carboxylic acid groups (broad SMARTS) is 1. The monoisotopic (exact) mass is 563 g/mol. The number of carboxylic acids is 1. The third-order valence-corrected chi connectivity index (χ3v) is 6.82. The van der Waals surface area contributed by atoms with Crippen molar-refractivity contribution in [2.24, 2.45) is 0 Å². The van der Waals surface area contributed by atoms with Crippen LogP contribution in [0.25, 0.3) is 33.3 Å². The minimum atomic E-state index is -4.28. The van der Waals surface area contributed by atoms with Crippen molar-refractivity contribution in [3.63, 3.8) is 0 Å². The van der Waals surface area contributed by atoms with Crippen LogP contribution in [0.4, 0.5) is 5.69 Å². The fourth-order valence-electron chi connectivity index (χ4n) is 3.74. The number of benzene rings is 2. The number of aliphatic carboxylic acids is 1. The molecule has 0 bridgehead atoms. The van der Waals surface area contributed by atoms with Crippen LogP contribution in [0.2, 0.25) is 0 Å². The molecule has 0 unspecified atom stereocenters. The molecule has 2 aromatic heterocycles. The average molecular weight is 564 g/mol. The van der Waals surface area contributed by atoms with Crippen LogP contribution in [0.5, 0.6) is 5.75 Å². The number of nitro benzene ring substituents is 1. The van der Waals surface area contributed by atoms with E-state index in [1.807, 2.05) is 0 Å². The molecule has 0 fully saturated rings. The average Bonchev–Trinajstić information content (AvgIpc) is 3.29. The number of fused-ring (bicyclic) bond motifs is 1. The Labute approximate surface area is 222 Å². The molecule has 13 nitrogen and oxygen atoms in total. The van der Waals surface area contributed by atoms with Crippen molar-refractivity contribution < 1.29 is 33.1 Å². The van der Waals surface area contributed by atoms with E-state index in [0.717, 1.165) is 6.07 Å². The van der Waals surface area contributed by atoms with E-state index >= 15 is 0 Å². The van der Waals surface area contributed by atoms with Crippen molar-refractivity contribution >= 4 is 45.0 Å². The third kappa shape index (κ3) is 6.23. The molecule has 0 radical (unpaired) electrons. The zero-order valence-electron chi connectivity index (χ0n) is 19.5. The normalized spacial score (nSPS) is 11.3. The highest BCUT2D eigenvalue weighted by molar-refractivity contribution is 7.89. The SMILES string of the molecule is Cl.O=C(O)COCCCNS(=O)(=O)c1cccc(-c2ccc3[nH]nc(-c4cncc(O)c4)c3c2)c1[N+](=O)[O-]. The first-order chi connectivity index (χ1) is 17.7. The fourth-order valence-corrected chi connectivity index (χ4v) is 5.00. The Balaban J connectivity index is 0.00000400. The molecule has 4 N–H and O–H groups in total. The van der Waals surface area contributed by atoms with Gasteiger partial charge in [0.05, 0.1) is 22.2 Å². The lowest BCUT2D eigenvalue weighted by Gasteiger charge is -2.11. The quantitative estimate of drug-likeness (QED) is 0.119. The second kappa shape index (κ2) is 12.0. The molecule has 0 amide bonds. The molecule has 2 aromatic carbocycles. The Morgan fingerprint density at radius 1 is 1.16 bits per heavy atom. The molecule has 0 aliphatic rings. The van der Waals surface area contributed by atoms with Gasteiger partial charge in [-0.25, -0.2) is 17.9 Å². The number of hydrogen-bond acceptors (Lipinski definition) is 9. The number of aromatic amines is 1. The lowest BCUT2D eigenvalue weighted by Crippen LogP contribution is -2.26. The van der Waals surface area contributed by atoms with Gasteiger partial charge in [-0.05, 0) is 42.3 Å². The molecule has 0 saturated carbocycles. The summed E-state index contributed by atoms with van der Waals surface area (Å²) >= 11 is 0. The minimum Gasteiger partial charge on any atom is -0.506 e. The van der Waals surface area contributed by atoms with Crippen molar-refractivity contribution in [3.8, 4) is 28.1 Å². The third-order valence-electron chi connectivity index (χ3n) is 5.33. The summed E-state index contributed by atoms with van der Waals surface area (Å²) in [6, 6.07) is 10.4. The molecule has 200 valence electrons. The van der Waals surface area contributed by atoms with Crippen LogP contribution in [0, 0.1) is 10.1 Å². The van der Waals surface area contributed by atoms with Gasteiger partial charge in [0, 0.05) is 30.3 Å². The topological polar surface area (TPSA) is 198 Å². The van der Waals surface area contributed by atoms with Crippen molar-refractivity contribution in [2.45, 2.75) is 11.3 Å². The van der Waals surface area contributed by atoms with E-state index in [4.69, 9.17) is 9.84 Å². The van der Waals surface area contributed by atoms with Crippen molar-refractivity contribution in [1.82, 2.24) is 19.9 Å². The largest absolute Gasteiger partial charge is 0.506 e. The maximum atomic E-state index is 12.9. The second-order valence-electron chi connectivity index (χ2n) is 7.87. The van der Waals surface area contributed by atoms with Crippen molar-refractivity contribution in [3.05, 3.63) is 65.0 Å². The molecule has 0 atom stereocenters. The summed E-state index contributed by atoms with van der Waals surface area (Å²) in [5, 5.41) is 38.1. The number of halogens is 1. The number of nitrogens with zero attached hydrogens (tertiary/aromatic N) is 3. The Bertz CT molecular complexity index is 1590. The number of aromatic nitrogens is 3. The molecule has 0 saturated heterocycles. The summed E-state index contributed by atoms with van der Waals surface area (Å²) in [5.41, 5.74) is 1.47. The van der Waals surface area contributed by atoms with Gasteiger partial charge in [-0.3, -0.25) is 20.2 Å². The van der Waals surface area contributed by atoms with Crippen LogP contribution in [0.3, 0.4) is 0 Å². The van der Waals surface area contributed by atoms with E-state index in [9.17, 15) is 28.4 Å². The van der Waals surface area contributed by atoms with Crippen LogP contribution < -0.4 is 4.72 Å². The molecule has 4 rings (SSSR count). The number of pyridine rings is 1. The summed E-state index contributed by atoms with van der Waals surface area (Å²) in [5.74, 6) is -1.20. The fraction of sp³-hybridized carbons (Fsp3) is 0.174.